The molecule has 1 unspecified atom stereocenters. The van der Waals surface area contributed by atoms with Gasteiger partial charge in [0.15, 0.2) is 0 Å². The Balaban J connectivity index is 1.34. The number of hydrogen-bond donors (Lipinski definition) is 1. The smallest absolute Gasteiger partial charge is 0.237 e. The maximum atomic E-state index is 12.5. The lowest BCUT2D eigenvalue weighted by Gasteiger charge is -2.33. The third-order valence-corrected chi connectivity index (χ3v) is 5.53. The highest BCUT2D eigenvalue weighted by Gasteiger charge is 2.24. The van der Waals surface area contributed by atoms with E-state index in [0.717, 1.165) is 48.8 Å². The monoisotopic (exact) mass is 420 g/mol. The van der Waals surface area contributed by atoms with Crippen LogP contribution < -0.4 is 15.0 Å². The van der Waals surface area contributed by atoms with Crippen molar-refractivity contribution in [1.82, 2.24) is 24.8 Å². The number of aryl methyl sites for hydroxylation is 1. The van der Waals surface area contributed by atoms with E-state index in [1.54, 1.807) is 19.6 Å². The van der Waals surface area contributed by atoms with Crippen LogP contribution in [0.1, 0.15) is 30.5 Å². The highest BCUT2D eigenvalue weighted by atomic mass is 16.5. The summed E-state index contributed by atoms with van der Waals surface area (Å²) in [6.45, 7) is 4.25. The van der Waals surface area contributed by atoms with Crippen molar-refractivity contribution in [3.8, 4) is 11.7 Å². The van der Waals surface area contributed by atoms with Gasteiger partial charge in [-0.2, -0.15) is 4.98 Å². The Labute approximate surface area is 182 Å². The average molecular weight is 421 g/mol. The predicted octanol–water partition coefficient (Wildman–Crippen LogP) is 2.90. The number of carbonyl (C=O) groups excluding carboxylic acids is 1. The minimum absolute atomic E-state index is 0.0839. The molecule has 0 saturated carbocycles. The number of carbonyl (C=O) groups is 1. The van der Waals surface area contributed by atoms with E-state index < -0.39 is 0 Å². The van der Waals surface area contributed by atoms with E-state index in [1.807, 2.05) is 48.0 Å². The molecule has 1 aromatic carbocycles. The summed E-state index contributed by atoms with van der Waals surface area (Å²) in [4.78, 5) is 28.1. The van der Waals surface area contributed by atoms with Crippen molar-refractivity contribution in [1.29, 1.82) is 0 Å². The Morgan fingerprint density at radius 2 is 2.10 bits per heavy atom. The van der Waals surface area contributed by atoms with E-state index in [-0.39, 0.29) is 5.91 Å². The molecule has 1 aliphatic rings. The maximum Gasteiger partial charge on any atom is 0.237 e. The number of ether oxygens (including phenoxy) is 1. The van der Waals surface area contributed by atoms with Crippen LogP contribution in [-0.4, -0.2) is 45.6 Å². The lowest BCUT2D eigenvalue weighted by atomic mass is 9.94. The topological polar surface area (TPSA) is 85.2 Å². The van der Waals surface area contributed by atoms with E-state index in [4.69, 9.17) is 9.72 Å². The minimum Gasteiger partial charge on any atom is -0.497 e. The van der Waals surface area contributed by atoms with Crippen LogP contribution in [0.2, 0.25) is 0 Å². The van der Waals surface area contributed by atoms with Crippen molar-refractivity contribution in [3.63, 3.8) is 0 Å². The first-order valence-corrected chi connectivity index (χ1v) is 10.6. The molecule has 31 heavy (non-hydrogen) atoms. The highest BCUT2D eigenvalue weighted by molar-refractivity contribution is 5.76. The molecule has 1 aliphatic heterocycles. The predicted molar refractivity (Wildman–Crippen MR) is 118 cm³/mol. The third-order valence-electron chi connectivity index (χ3n) is 5.53. The second-order valence-corrected chi connectivity index (χ2v) is 7.92. The fourth-order valence-electron chi connectivity index (χ4n) is 3.91. The second kappa shape index (κ2) is 9.59. The van der Waals surface area contributed by atoms with Gasteiger partial charge in [0.25, 0.3) is 0 Å². The Hall–Kier alpha value is -3.42. The average Bonchev–Trinajstić information content (AvgIpc) is 3.33. The Morgan fingerprint density at radius 1 is 1.26 bits per heavy atom. The number of amides is 1. The molecular weight excluding hydrogens is 392 g/mol. The van der Waals surface area contributed by atoms with Gasteiger partial charge in [-0.1, -0.05) is 12.1 Å². The fourth-order valence-corrected chi connectivity index (χ4v) is 3.91. The normalized spacial score (nSPS) is 16.2. The standard InChI is InChI=1S/C23H28N6O2/c1-17-12-21(27-23(26-17)29-11-9-24-16-29)28-10-3-4-19(15-28)13-22(30)25-14-18-5-7-20(31-2)8-6-18/h5-9,11-12,16,19H,3-4,10,13-15H2,1-2H3,(H,25,30). The van der Waals surface area contributed by atoms with Gasteiger partial charge in [-0.3, -0.25) is 9.36 Å². The molecule has 162 valence electrons. The van der Waals surface area contributed by atoms with E-state index in [1.165, 1.54) is 0 Å². The number of nitrogens with one attached hydrogen (secondary N) is 1. The van der Waals surface area contributed by atoms with Crippen molar-refractivity contribution in [3.05, 3.63) is 60.3 Å². The van der Waals surface area contributed by atoms with Gasteiger partial charge < -0.3 is 15.0 Å². The minimum atomic E-state index is 0.0839. The van der Waals surface area contributed by atoms with Crippen molar-refractivity contribution in [2.24, 2.45) is 5.92 Å². The summed E-state index contributed by atoms with van der Waals surface area (Å²) in [6.07, 6.45) is 7.86. The van der Waals surface area contributed by atoms with Crippen LogP contribution in [0.25, 0.3) is 5.95 Å². The molecule has 2 aromatic heterocycles. The maximum absolute atomic E-state index is 12.5. The van der Waals surface area contributed by atoms with Crippen molar-refractivity contribution in [2.75, 3.05) is 25.1 Å². The SMILES string of the molecule is COc1ccc(CNC(=O)CC2CCCN(c3cc(C)nc(-n4ccnc4)n3)C2)cc1. The summed E-state index contributed by atoms with van der Waals surface area (Å²) < 4.78 is 6.98. The van der Waals surface area contributed by atoms with Crippen LogP contribution in [0.15, 0.2) is 49.1 Å². The molecule has 1 fully saturated rings. The van der Waals surface area contributed by atoms with Crippen LogP contribution in [0.3, 0.4) is 0 Å². The first-order valence-electron chi connectivity index (χ1n) is 10.6. The van der Waals surface area contributed by atoms with Crippen LogP contribution in [0, 0.1) is 12.8 Å². The zero-order valence-corrected chi connectivity index (χ0v) is 18.0. The Bertz CT molecular complexity index is 1000. The summed E-state index contributed by atoms with van der Waals surface area (Å²) in [5, 5.41) is 3.04. The summed E-state index contributed by atoms with van der Waals surface area (Å²) in [5.41, 5.74) is 1.97. The molecule has 0 bridgehead atoms. The summed E-state index contributed by atoms with van der Waals surface area (Å²) in [6, 6.07) is 9.75. The third kappa shape index (κ3) is 5.39. The largest absolute Gasteiger partial charge is 0.497 e. The molecule has 3 heterocycles. The van der Waals surface area contributed by atoms with Crippen LogP contribution in [0.5, 0.6) is 5.75 Å². The van der Waals surface area contributed by atoms with Gasteiger partial charge in [0.1, 0.15) is 17.9 Å². The number of imidazole rings is 1. The first kappa shape index (κ1) is 20.8. The number of rotatable bonds is 7. The highest BCUT2D eigenvalue weighted by Crippen LogP contribution is 2.25. The van der Waals surface area contributed by atoms with Crippen molar-refractivity contribution in [2.45, 2.75) is 32.7 Å². The fraction of sp³-hybridized carbons (Fsp3) is 0.391. The number of aromatic nitrogens is 4. The molecule has 8 heteroatoms. The molecular formula is C23H28N6O2. The van der Waals surface area contributed by atoms with E-state index in [9.17, 15) is 4.79 Å². The molecule has 0 spiro atoms. The van der Waals surface area contributed by atoms with Gasteiger partial charge in [0.2, 0.25) is 11.9 Å². The Kier molecular flexibility index (Phi) is 6.45. The van der Waals surface area contributed by atoms with Gasteiger partial charge in [-0.25, -0.2) is 9.97 Å². The van der Waals surface area contributed by atoms with E-state index in [0.29, 0.717) is 24.8 Å². The van der Waals surface area contributed by atoms with Crippen molar-refractivity contribution >= 4 is 11.7 Å². The van der Waals surface area contributed by atoms with Crippen molar-refractivity contribution < 1.29 is 9.53 Å². The number of hydrogen-bond acceptors (Lipinski definition) is 6. The molecule has 0 radical (unpaired) electrons. The molecule has 0 aliphatic carbocycles. The van der Waals surface area contributed by atoms with Gasteiger partial charge >= 0.3 is 0 Å². The summed E-state index contributed by atoms with van der Waals surface area (Å²) >= 11 is 0. The molecule has 1 amide bonds. The number of methoxy groups -OCH3 is 1. The van der Waals surface area contributed by atoms with Crippen LogP contribution >= 0.6 is 0 Å². The van der Waals surface area contributed by atoms with Gasteiger partial charge in [-0.15, -0.1) is 0 Å². The molecule has 1 saturated heterocycles. The lowest BCUT2D eigenvalue weighted by molar-refractivity contribution is -0.122. The van der Waals surface area contributed by atoms with E-state index >= 15 is 0 Å². The number of benzene rings is 1. The zero-order valence-electron chi connectivity index (χ0n) is 18.0. The lowest BCUT2D eigenvalue weighted by Crippen LogP contribution is -2.38. The molecule has 1 atom stereocenters. The van der Waals surface area contributed by atoms with Crippen LogP contribution in [0.4, 0.5) is 5.82 Å². The van der Waals surface area contributed by atoms with Crippen LogP contribution in [-0.2, 0) is 11.3 Å². The summed E-state index contributed by atoms with van der Waals surface area (Å²) in [7, 11) is 1.64. The molecule has 3 aromatic rings. The number of anilines is 1. The quantitative estimate of drug-likeness (QED) is 0.633. The molecule has 1 N–H and O–H groups in total. The number of piperidine rings is 1. The second-order valence-electron chi connectivity index (χ2n) is 7.92. The summed E-state index contributed by atoms with van der Waals surface area (Å²) in [5.74, 6) is 2.72. The Morgan fingerprint density at radius 3 is 2.84 bits per heavy atom. The first-order chi connectivity index (χ1) is 15.1. The van der Waals surface area contributed by atoms with E-state index in [2.05, 4.69) is 20.2 Å². The zero-order chi connectivity index (χ0) is 21.6. The molecule has 8 nitrogen and oxygen atoms in total. The van der Waals surface area contributed by atoms with Gasteiger partial charge in [0.05, 0.1) is 7.11 Å². The molecule has 4 rings (SSSR count). The van der Waals surface area contributed by atoms with Gasteiger partial charge in [-0.05, 0) is 43.4 Å². The van der Waals surface area contributed by atoms with Gasteiger partial charge in [0, 0.05) is 50.2 Å². The number of nitrogens with zero attached hydrogens (tertiary/aromatic N) is 5.